The van der Waals surface area contributed by atoms with Gasteiger partial charge >= 0.3 is 6.09 Å². The summed E-state index contributed by atoms with van der Waals surface area (Å²) in [5.41, 5.74) is -0.505. The second-order valence-electron chi connectivity index (χ2n) is 6.16. The summed E-state index contributed by atoms with van der Waals surface area (Å²) in [5.74, 6) is -0.156. The van der Waals surface area contributed by atoms with E-state index in [1.165, 1.54) is 12.0 Å². The molecule has 1 saturated carbocycles. The van der Waals surface area contributed by atoms with Crippen molar-refractivity contribution in [3.05, 3.63) is 0 Å². The summed E-state index contributed by atoms with van der Waals surface area (Å²) < 4.78 is 4.77. The Morgan fingerprint density at radius 2 is 1.95 bits per heavy atom. The molecule has 2 amide bonds. The third kappa shape index (κ3) is 3.67. The molecule has 0 bridgehead atoms. The lowest BCUT2D eigenvalue weighted by Gasteiger charge is -2.40. The molecule has 1 saturated heterocycles. The average molecular weight is 298 g/mol. The Labute approximate surface area is 125 Å². The minimum atomic E-state index is -0.505. The number of piperidine rings is 1. The fourth-order valence-corrected chi connectivity index (χ4v) is 3.44. The molecule has 0 radical (unpaired) electrons. The van der Waals surface area contributed by atoms with Gasteiger partial charge in [-0.1, -0.05) is 19.3 Å². The van der Waals surface area contributed by atoms with Crippen LogP contribution >= 0.6 is 0 Å². The zero-order chi connectivity index (χ0) is 15.3. The first-order valence-electron chi connectivity index (χ1n) is 7.89. The molecule has 120 valence electrons. The van der Waals surface area contributed by atoms with Crippen molar-refractivity contribution in [3.8, 4) is 0 Å². The lowest BCUT2D eigenvalue weighted by atomic mass is 9.82. The van der Waals surface area contributed by atoms with Gasteiger partial charge in [0.05, 0.1) is 19.3 Å². The Balaban J connectivity index is 2.04. The third-order valence-corrected chi connectivity index (χ3v) is 4.72. The van der Waals surface area contributed by atoms with Gasteiger partial charge in [0, 0.05) is 6.54 Å². The van der Waals surface area contributed by atoms with E-state index in [0.717, 1.165) is 44.9 Å². The number of rotatable bonds is 3. The normalized spacial score (nSPS) is 25.2. The van der Waals surface area contributed by atoms with Crippen molar-refractivity contribution in [2.75, 3.05) is 20.3 Å². The van der Waals surface area contributed by atoms with Gasteiger partial charge in [-0.15, -0.1) is 0 Å². The highest BCUT2D eigenvalue weighted by Gasteiger charge is 2.38. The summed E-state index contributed by atoms with van der Waals surface area (Å²) in [5, 5.41) is 12.7. The first-order chi connectivity index (χ1) is 10.1. The fraction of sp³-hybridized carbons (Fsp3) is 0.867. The van der Waals surface area contributed by atoms with Gasteiger partial charge in [0.1, 0.15) is 6.04 Å². The predicted octanol–water partition coefficient (Wildman–Crippen LogP) is 1.42. The van der Waals surface area contributed by atoms with Crippen LogP contribution in [0.4, 0.5) is 4.79 Å². The number of hydrogen-bond donors (Lipinski definition) is 2. The number of aliphatic hydroxyl groups is 1. The molecule has 0 aromatic heterocycles. The van der Waals surface area contributed by atoms with Crippen molar-refractivity contribution in [2.45, 2.75) is 62.9 Å². The van der Waals surface area contributed by atoms with Crippen LogP contribution in [0.5, 0.6) is 0 Å². The molecule has 2 aliphatic rings. The molecule has 0 aromatic carbocycles. The van der Waals surface area contributed by atoms with Gasteiger partial charge in [0.25, 0.3) is 0 Å². The average Bonchev–Trinajstić information content (AvgIpc) is 2.55. The first kappa shape index (κ1) is 16.1. The SMILES string of the molecule is COC(=O)N1CCCC[C@H]1C(=O)NC1(CO)CCCCC1. The third-order valence-electron chi connectivity index (χ3n) is 4.72. The van der Waals surface area contributed by atoms with Crippen molar-refractivity contribution in [1.29, 1.82) is 0 Å². The number of nitrogens with zero attached hydrogens (tertiary/aromatic N) is 1. The van der Waals surface area contributed by atoms with E-state index in [-0.39, 0.29) is 12.5 Å². The van der Waals surface area contributed by atoms with E-state index in [1.54, 1.807) is 0 Å². The van der Waals surface area contributed by atoms with Crippen molar-refractivity contribution >= 4 is 12.0 Å². The Morgan fingerprint density at radius 3 is 2.57 bits per heavy atom. The topological polar surface area (TPSA) is 78.9 Å². The summed E-state index contributed by atoms with van der Waals surface area (Å²) >= 11 is 0. The van der Waals surface area contributed by atoms with Gasteiger partial charge in [0.2, 0.25) is 5.91 Å². The standard InChI is InChI=1S/C15H26N2O4/c1-21-14(20)17-10-6-3-7-12(17)13(19)16-15(11-18)8-4-2-5-9-15/h12,18H,2-11H2,1H3,(H,16,19)/t12-/m0/s1. The first-order valence-corrected chi connectivity index (χ1v) is 7.89. The zero-order valence-corrected chi connectivity index (χ0v) is 12.8. The van der Waals surface area contributed by atoms with E-state index in [0.29, 0.717) is 13.0 Å². The summed E-state index contributed by atoms with van der Waals surface area (Å²) in [6, 6.07) is -0.475. The molecule has 2 N–H and O–H groups in total. The molecular formula is C15H26N2O4. The summed E-state index contributed by atoms with van der Waals surface area (Å²) in [6.07, 6.45) is 6.83. The van der Waals surface area contributed by atoms with Crippen LogP contribution in [0.25, 0.3) is 0 Å². The summed E-state index contributed by atoms with van der Waals surface area (Å²) in [7, 11) is 1.34. The Hall–Kier alpha value is -1.30. The number of likely N-dealkylation sites (tertiary alicyclic amines) is 1. The lowest BCUT2D eigenvalue weighted by Crippen LogP contribution is -2.59. The highest BCUT2D eigenvalue weighted by molar-refractivity contribution is 5.86. The van der Waals surface area contributed by atoms with E-state index >= 15 is 0 Å². The minimum Gasteiger partial charge on any atom is -0.453 e. The Kier molecular flexibility index (Phi) is 5.45. The smallest absolute Gasteiger partial charge is 0.410 e. The van der Waals surface area contributed by atoms with Crippen molar-refractivity contribution < 1.29 is 19.4 Å². The van der Waals surface area contributed by atoms with Crippen LogP contribution in [0.2, 0.25) is 0 Å². The zero-order valence-electron chi connectivity index (χ0n) is 12.8. The molecule has 1 heterocycles. The van der Waals surface area contributed by atoms with Crippen LogP contribution in [0.15, 0.2) is 0 Å². The number of carbonyl (C=O) groups is 2. The quantitative estimate of drug-likeness (QED) is 0.826. The number of carbonyl (C=O) groups excluding carboxylic acids is 2. The van der Waals surface area contributed by atoms with E-state index in [2.05, 4.69) is 5.32 Å². The monoisotopic (exact) mass is 298 g/mol. The number of nitrogens with one attached hydrogen (secondary N) is 1. The van der Waals surface area contributed by atoms with Gasteiger partial charge in [-0.05, 0) is 32.1 Å². The number of ether oxygens (including phenoxy) is 1. The van der Waals surface area contributed by atoms with Crippen LogP contribution in [-0.2, 0) is 9.53 Å². The number of hydrogen-bond acceptors (Lipinski definition) is 4. The maximum absolute atomic E-state index is 12.6. The van der Waals surface area contributed by atoms with Gasteiger partial charge in [-0.25, -0.2) is 4.79 Å². The maximum atomic E-state index is 12.6. The van der Waals surface area contributed by atoms with Crippen molar-refractivity contribution in [1.82, 2.24) is 10.2 Å². The number of aliphatic hydroxyl groups excluding tert-OH is 1. The molecule has 1 aliphatic heterocycles. The largest absolute Gasteiger partial charge is 0.453 e. The van der Waals surface area contributed by atoms with E-state index < -0.39 is 17.7 Å². The molecule has 0 aromatic rings. The predicted molar refractivity (Wildman–Crippen MR) is 77.8 cm³/mol. The number of amides is 2. The van der Waals surface area contributed by atoms with Crippen LogP contribution < -0.4 is 5.32 Å². The van der Waals surface area contributed by atoms with Gasteiger partial charge in [0.15, 0.2) is 0 Å². The van der Waals surface area contributed by atoms with Crippen molar-refractivity contribution in [2.24, 2.45) is 0 Å². The Morgan fingerprint density at radius 1 is 1.24 bits per heavy atom. The highest BCUT2D eigenvalue weighted by atomic mass is 16.5. The highest BCUT2D eigenvalue weighted by Crippen LogP contribution is 2.28. The molecule has 1 aliphatic carbocycles. The number of methoxy groups -OCH3 is 1. The van der Waals surface area contributed by atoms with Crippen LogP contribution in [0, 0.1) is 0 Å². The fourth-order valence-electron chi connectivity index (χ4n) is 3.44. The molecule has 6 heteroatoms. The Bertz CT molecular complexity index is 380. The van der Waals surface area contributed by atoms with Gasteiger partial charge in [-0.2, -0.15) is 0 Å². The van der Waals surface area contributed by atoms with Crippen LogP contribution in [0.3, 0.4) is 0 Å². The molecule has 2 rings (SSSR count). The molecule has 21 heavy (non-hydrogen) atoms. The molecule has 6 nitrogen and oxygen atoms in total. The van der Waals surface area contributed by atoms with Crippen LogP contribution in [-0.4, -0.2) is 53.8 Å². The summed E-state index contributed by atoms with van der Waals surface area (Å²) in [6.45, 7) is 0.514. The van der Waals surface area contributed by atoms with Crippen molar-refractivity contribution in [3.63, 3.8) is 0 Å². The molecular weight excluding hydrogens is 272 g/mol. The summed E-state index contributed by atoms with van der Waals surface area (Å²) in [4.78, 5) is 25.9. The van der Waals surface area contributed by atoms with E-state index in [1.807, 2.05) is 0 Å². The van der Waals surface area contributed by atoms with E-state index in [4.69, 9.17) is 4.74 Å². The minimum absolute atomic E-state index is 0.0380. The second-order valence-corrected chi connectivity index (χ2v) is 6.16. The molecule has 0 spiro atoms. The lowest BCUT2D eigenvalue weighted by molar-refractivity contribution is -0.130. The molecule has 2 fully saturated rings. The van der Waals surface area contributed by atoms with Gasteiger partial charge in [-0.3, -0.25) is 9.69 Å². The molecule has 0 unspecified atom stereocenters. The molecule has 1 atom stereocenters. The van der Waals surface area contributed by atoms with Gasteiger partial charge < -0.3 is 15.2 Å². The second kappa shape index (κ2) is 7.11. The maximum Gasteiger partial charge on any atom is 0.410 e. The van der Waals surface area contributed by atoms with Crippen LogP contribution in [0.1, 0.15) is 51.4 Å². The van der Waals surface area contributed by atoms with E-state index in [9.17, 15) is 14.7 Å².